The minimum absolute atomic E-state index is 0. The largest absolute Gasteiger partial charge is 0.489 e. The average Bonchev–Trinajstić information content (AvgIpc) is 2.61. The van der Waals surface area contributed by atoms with Crippen LogP contribution in [0.3, 0.4) is 0 Å². The number of carbonyl (C=O) groups is 2. The number of ether oxygens (including phenoxy) is 2. The molecule has 1 aromatic rings. The fourth-order valence-electron chi connectivity index (χ4n) is 2.74. The van der Waals surface area contributed by atoms with Gasteiger partial charge in [-0.1, -0.05) is 13.8 Å². The third-order valence-corrected chi connectivity index (χ3v) is 4.40. The minimum Gasteiger partial charge on any atom is -0.489 e. The molecule has 8 heteroatoms. The van der Waals surface area contributed by atoms with Gasteiger partial charge in [0.05, 0.1) is 13.2 Å². The van der Waals surface area contributed by atoms with E-state index in [0.29, 0.717) is 25.9 Å². The maximum atomic E-state index is 13.4. The number of amides is 1. The van der Waals surface area contributed by atoms with Crippen LogP contribution in [0.15, 0.2) is 18.2 Å². The molecule has 1 aliphatic heterocycles. The molecule has 1 aliphatic rings. The molecule has 0 spiro atoms. The second kappa shape index (κ2) is 9.73. The van der Waals surface area contributed by atoms with E-state index >= 15 is 0 Å². The van der Waals surface area contributed by atoms with E-state index in [-0.39, 0.29) is 41.6 Å². The van der Waals surface area contributed by atoms with E-state index in [1.54, 1.807) is 4.90 Å². The minimum atomic E-state index is -0.648. The predicted molar refractivity (Wildman–Crippen MR) is 98.0 cm³/mol. The fraction of sp³-hybridized carbons (Fsp3) is 0.556. The van der Waals surface area contributed by atoms with Crippen molar-refractivity contribution in [3.05, 3.63) is 29.6 Å². The number of esters is 1. The Kier molecular flexibility index (Phi) is 8.30. The third kappa shape index (κ3) is 5.32. The number of carbonyl (C=O) groups excluding carboxylic acids is 2. The highest BCUT2D eigenvalue weighted by Crippen LogP contribution is 2.25. The number of methoxy groups -OCH3 is 1. The van der Waals surface area contributed by atoms with E-state index in [0.717, 1.165) is 6.07 Å². The third-order valence-electron chi connectivity index (χ3n) is 4.40. The van der Waals surface area contributed by atoms with Gasteiger partial charge in [-0.3, -0.25) is 4.79 Å². The van der Waals surface area contributed by atoms with Gasteiger partial charge in [-0.05, 0) is 24.1 Å². The summed E-state index contributed by atoms with van der Waals surface area (Å²) in [5, 5.41) is 0. The van der Waals surface area contributed by atoms with E-state index < -0.39 is 17.8 Å². The van der Waals surface area contributed by atoms with Crippen LogP contribution in [0, 0.1) is 11.7 Å². The summed E-state index contributed by atoms with van der Waals surface area (Å²) in [4.78, 5) is 25.8. The van der Waals surface area contributed by atoms with Crippen molar-refractivity contribution in [3.8, 4) is 5.75 Å². The fourth-order valence-corrected chi connectivity index (χ4v) is 2.74. The van der Waals surface area contributed by atoms with E-state index in [1.165, 1.54) is 19.2 Å². The lowest BCUT2D eigenvalue weighted by Crippen LogP contribution is -2.50. The summed E-state index contributed by atoms with van der Waals surface area (Å²) < 4.78 is 23.9. The standard InChI is InChI=1S/C18H25FN2O4.ClH/c1-11(2)16(20)17(22)21-8-6-13(7-9-21)25-15-5-4-12(19)10-14(15)18(23)24-3;/h4-5,10-11,13,16H,6-9,20H2,1-3H3;1H/t16-;/m1./s1. The predicted octanol–water partition coefficient (Wildman–Crippen LogP) is 2.39. The summed E-state index contributed by atoms with van der Waals surface area (Å²) in [6.45, 7) is 4.92. The molecular weight excluding hydrogens is 363 g/mol. The molecule has 0 bridgehead atoms. The highest BCUT2D eigenvalue weighted by atomic mass is 35.5. The van der Waals surface area contributed by atoms with E-state index in [4.69, 9.17) is 10.5 Å². The monoisotopic (exact) mass is 388 g/mol. The van der Waals surface area contributed by atoms with Gasteiger partial charge in [0.1, 0.15) is 23.2 Å². The number of hydrogen-bond acceptors (Lipinski definition) is 5. The summed E-state index contributed by atoms with van der Waals surface area (Å²) in [7, 11) is 1.24. The Balaban J connectivity index is 0.00000338. The van der Waals surface area contributed by atoms with E-state index in [9.17, 15) is 14.0 Å². The SMILES string of the molecule is COC(=O)c1cc(F)ccc1OC1CCN(C(=O)[C@H](N)C(C)C)CC1.Cl. The number of piperidine rings is 1. The first kappa shape index (κ1) is 22.2. The van der Waals surface area contributed by atoms with Crippen LogP contribution in [0.1, 0.15) is 37.0 Å². The molecular formula is C18H26ClFN2O4. The van der Waals surface area contributed by atoms with Gasteiger partial charge >= 0.3 is 5.97 Å². The van der Waals surface area contributed by atoms with Crippen molar-refractivity contribution in [1.29, 1.82) is 0 Å². The first-order valence-electron chi connectivity index (χ1n) is 8.42. The summed E-state index contributed by atoms with van der Waals surface area (Å²) in [5.41, 5.74) is 5.98. The zero-order valence-electron chi connectivity index (χ0n) is 15.2. The van der Waals surface area contributed by atoms with Gasteiger partial charge < -0.3 is 20.1 Å². The molecule has 26 heavy (non-hydrogen) atoms. The first-order chi connectivity index (χ1) is 11.8. The lowest BCUT2D eigenvalue weighted by Gasteiger charge is -2.34. The Bertz CT molecular complexity index is 634. The van der Waals surface area contributed by atoms with E-state index in [1.807, 2.05) is 13.8 Å². The van der Waals surface area contributed by atoms with Gasteiger partial charge in [-0.25, -0.2) is 9.18 Å². The molecule has 0 aromatic heterocycles. The molecule has 2 N–H and O–H groups in total. The Morgan fingerprint density at radius 1 is 1.27 bits per heavy atom. The molecule has 1 amide bonds. The molecule has 0 saturated carbocycles. The van der Waals surface area contributed by atoms with Crippen LogP contribution in [0.5, 0.6) is 5.75 Å². The summed E-state index contributed by atoms with van der Waals surface area (Å²) >= 11 is 0. The molecule has 146 valence electrons. The first-order valence-corrected chi connectivity index (χ1v) is 8.42. The molecule has 1 aromatic carbocycles. The second-order valence-corrected chi connectivity index (χ2v) is 6.54. The molecule has 2 rings (SSSR count). The smallest absolute Gasteiger partial charge is 0.341 e. The van der Waals surface area contributed by atoms with Gasteiger partial charge in [-0.15, -0.1) is 12.4 Å². The maximum absolute atomic E-state index is 13.4. The molecule has 1 atom stereocenters. The van der Waals surface area contributed by atoms with Crippen molar-refractivity contribution in [2.24, 2.45) is 11.7 Å². The van der Waals surface area contributed by atoms with Crippen LogP contribution in [0.2, 0.25) is 0 Å². The molecule has 1 fully saturated rings. The maximum Gasteiger partial charge on any atom is 0.341 e. The highest BCUT2D eigenvalue weighted by molar-refractivity contribution is 5.92. The van der Waals surface area contributed by atoms with Crippen molar-refractivity contribution in [1.82, 2.24) is 4.90 Å². The van der Waals surface area contributed by atoms with Crippen LogP contribution >= 0.6 is 12.4 Å². The number of nitrogens with two attached hydrogens (primary N) is 1. The number of halogens is 2. The van der Waals surface area contributed by atoms with Gasteiger partial charge in [-0.2, -0.15) is 0 Å². The topological polar surface area (TPSA) is 81.9 Å². The number of nitrogens with zero attached hydrogens (tertiary/aromatic N) is 1. The normalized spacial score (nSPS) is 16.0. The molecule has 6 nitrogen and oxygen atoms in total. The Morgan fingerprint density at radius 2 is 1.88 bits per heavy atom. The van der Waals surface area contributed by atoms with Crippen molar-refractivity contribution in [2.45, 2.75) is 38.8 Å². The van der Waals surface area contributed by atoms with Gasteiger partial charge in [0, 0.05) is 25.9 Å². The van der Waals surface area contributed by atoms with Crippen LogP contribution in [-0.4, -0.2) is 49.1 Å². The summed E-state index contributed by atoms with van der Waals surface area (Å²) in [6, 6.07) is 3.26. The van der Waals surface area contributed by atoms with Gasteiger partial charge in [0.2, 0.25) is 5.91 Å². The molecule has 0 unspecified atom stereocenters. The number of benzene rings is 1. The zero-order valence-corrected chi connectivity index (χ0v) is 16.1. The lowest BCUT2D eigenvalue weighted by atomic mass is 10.0. The van der Waals surface area contributed by atoms with Crippen molar-refractivity contribution < 1.29 is 23.5 Å². The molecule has 0 aliphatic carbocycles. The second-order valence-electron chi connectivity index (χ2n) is 6.54. The average molecular weight is 389 g/mol. The number of likely N-dealkylation sites (tertiary alicyclic amines) is 1. The number of hydrogen-bond donors (Lipinski definition) is 1. The summed E-state index contributed by atoms with van der Waals surface area (Å²) in [6.07, 6.45) is 1.08. The Labute approximate surface area is 159 Å². The lowest BCUT2D eigenvalue weighted by molar-refractivity contribution is -0.135. The van der Waals surface area contributed by atoms with Crippen molar-refractivity contribution in [2.75, 3.05) is 20.2 Å². The Hall–Kier alpha value is -1.86. The quantitative estimate of drug-likeness (QED) is 0.783. The molecule has 0 radical (unpaired) electrons. The van der Waals surface area contributed by atoms with Gasteiger partial charge in [0.25, 0.3) is 0 Å². The zero-order chi connectivity index (χ0) is 18.6. The van der Waals surface area contributed by atoms with Crippen LogP contribution in [0.25, 0.3) is 0 Å². The number of rotatable bonds is 5. The van der Waals surface area contributed by atoms with Crippen LogP contribution < -0.4 is 10.5 Å². The molecule has 1 saturated heterocycles. The van der Waals surface area contributed by atoms with Crippen molar-refractivity contribution >= 4 is 24.3 Å². The van der Waals surface area contributed by atoms with Crippen LogP contribution in [-0.2, 0) is 9.53 Å². The summed E-state index contributed by atoms with van der Waals surface area (Å²) in [5.74, 6) is -0.855. The van der Waals surface area contributed by atoms with Crippen molar-refractivity contribution in [3.63, 3.8) is 0 Å². The Morgan fingerprint density at radius 3 is 2.42 bits per heavy atom. The highest BCUT2D eigenvalue weighted by Gasteiger charge is 2.29. The van der Waals surface area contributed by atoms with Crippen LogP contribution in [0.4, 0.5) is 4.39 Å². The van der Waals surface area contributed by atoms with Gasteiger partial charge in [0.15, 0.2) is 0 Å². The van der Waals surface area contributed by atoms with E-state index in [2.05, 4.69) is 4.74 Å². The molecule has 1 heterocycles.